The summed E-state index contributed by atoms with van der Waals surface area (Å²) < 4.78 is 25.1. The molecule has 1 N–H and O–H groups in total. The topological polar surface area (TPSA) is 54.7 Å². The fourth-order valence-electron chi connectivity index (χ4n) is 4.13. The number of nitrogens with one attached hydrogen (secondary N) is 1. The quantitative estimate of drug-likeness (QED) is 0.669. The standard InChI is InChI=1S/C23H25FN2O3/c1-15-16-9-7-10-18(24)22(16)29-21(15)23(27)25-14-19(26-12-5-6-13-26)17-8-3-4-11-20(17)28-2/h3-4,7-11,19H,5-6,12-14H2,1-2H3,(H,25,27). The van der Waals surface area contributed by atoms with E-state index >= 15 is 0 Å². The van der Waals surface area contributed by atoms with E-state index in [9.17, 15) is 9.18 Å². The van der Waals surface area contributed by atoms with E-state index in [1.165, 1.54) is 6.07 Å². The molecular weight excluding hydrogens is 371 g/mol. The van der Waals surface area contributed by atoms with Crippen molar-refractivity contribution in [2.45, 2.75) is 25.8 Å². The number of furan rings is 1. The molecule has 2 heterocycles. The summed E-state index contributed by atoms with van der Waals surface area (Å²) in [6.45, 7) is 4.15. The van der Waals surface area contributed by atoms with Gasteiger partial charge in [0, 0.05) is 23.1 Å². The molecule has 5 nitrogen and oxygen atoms in total. The maximum absolute atomic E-state index is 14.0. The number of benzene rings is 2. The highest BCUT2D eigenvalue weighted by Crippen LogP contribution is 2.32. The van der Waals surface area contributed by atoms with Crippen LogP contribution in [0.4, 0.5) is 4.39 Å². The summed E-state index contributed by atoms with van der Waals surface area (Å²) in [4.78, 5) is 15.2. The van der Waals surface area contributed by atoms with Crippen molar-refractivity contribution >= 4 is 16.9 Å². The van der Waals surface area contributed by atoms with Crippen molar-refractivity contribution in [2.75, 3.05) is 26.7 Å². The molecular formula is C23H25FN2O3. The molecule has 1 fully saturated rings. The molecule has 1 aromatic heterocycles. The molecule has 0 aliphatic carbocycles. The lowest BCUT2D eigenvalue weighted by molar-refractivity contribution is 0.0910. The van der Waals surface area contributed by atoms with Gasteiger partial charge in [-0.1, -0.05) is 30.3 Å². The lowest BCUT2D eigenvalue weighted by Crippen LogP contribution is -2.37. The van der Waals surface area contributed by atoms with Crippen molar-refractivity contribution in [3.63, 3.8) is 0 Å². The molecule has 0 radical (unpaired) electrons. The van der Waals surface area contributed by atoms with E-state index in [1.54, 1.807) is 26.2 Å². The maximum atomic E-state index is 14.0. The molecule has 0 spiro atoms. The number of likely N-dealkylation sites (tertiary alicyclic amines) is 1. The van der Waals surface area contributed by atoms with E-state index in [0.29, 0.717) is 17.5 Å². The highest BCUT2D eigenvalue weighted by molar-refractivity contribution is 5.99. The van der Waals surface area contributed by atoms with Crippen LogP contribution in [0, 0.1) is 12.7 Å². The molecule has 1 aliphatic heterocycles. The molecule has 0 saturated carbocycles. The van der Waals surface area contributed by atoms with Crippen LogP contribution >= 0.6 is 0 Å². The maximum Gasteiger partial charge on any atom is 0.287 e. The Labute approximate surface area is 169 Å². The molecule has 152 valence electrons. The number of nitrogens with zero attached hydrogens (tertiary/aromatic N) is 1. The molecule has 6 heteroatoms. The van der Waals surface area contributed by atoms with Crippen LogP contribution in [0.3, 0.4) is 0 Å². The number of amides is 1. The third kappa shape index (κ3) is 3.72. The summed E-state index contributed by atoms with van der Waals surface area (Å²) in [5.41, 5.74) is 1.81. The molecule has 1 unspecified atom stereocenters. The Morgan fingerprint density at radius 3 is 2.69 bits per heavy atom. The van der Waals surface area contributed by atoms with Crippen LogP contribution < -0.4 is 10.1 Å². The second-order valence-corrected chi connectivity index (χ2v) is 7.38. The third-order valence-electron chi connectivity index (χ3n) is 5.66. The number of rotatable bonds is 6. The van der Waals surface area contributed by atoms with Gasteiger partial charge in [-0.3, -0.25) is 9.69 Å². The summed E-state index contributed by atoms with van der Waals surface area (Å²) in [6, 6.07) is 12.6. The Balaban J connectivity index is 1.58. The van der Waals surface area contributed by atoms with Gasteiger partial charge >= 0.3 is 0 Å². The van der Waals surface area contributed by atoms with Gasteiger partial charge in [-0.25, -0.2) is 4.39 Å². The molecule has 1 saturated heterocycles. The molecule has 1 amide bonds. The summed E-state index contributed by atoms with van der Waals surface area (Å²) in [7, 11) is 1.66. The number of fused-ring (bicyclic) bond motifs is 1. The number of carbonyl (C=O) groups excluding carboxylic acids is 1. The first-order valence-electron chi connectivity index (χ1n) is 9.93. The average Bonchev–Trinajstić information content (AvgIpc) is 3.38. The Morgan fingerprint density at radius 1 is 1.21 bits per heavy atom. The number of hydrogen-bond donors (Lipinski definition) is 1. The van der Waals surface area contributed by atoms with Crippen LogP contribution in [0.5, 0.6) is 5.75 Å². The van der Waals surface area contributed by atoms with Gasteiger partial charge in [0.2, 0.25) is 0 Å². The van der Waals surface area contributed by atoms with Gasteiger partial charge in [-0.05, 0) is 45.0 Å². The third-order valence-corrected chi connectivity index (χ3v) is 5.66. The van der Waals surface area contributed by atoms with Crippen LogP contribution in [0.2, 0.25) is 0 Å². The Morgan fingerprint density at radius 2 is 1.97 bits per heavy atom. The normalized spacial score (nSPS) is 15.6. The van der Waals surface area contributed by atoms with Crippen molar-refractivity contribution in [1.82, 2.24) is 10.2 Å². The minimum atomic E-state index is -0.464. The molecule has 1 aliphatic rings. The van der Waals surface area contributed by atoms with Gasteiger partial charge in [0.1, 0.15) is 5.75 Å². The summed E-state index contributed by atoms with van der Waals surface area (Å²) in [5.74, 6) is 0.164. The first-order chi connectivity index (χ1) is 14.1. The molecule has 2 aromatic carbocycles. The fourth-order valence-corrected chi connectivity index (χ4v) is 4.13. The Kier molecular flexibility index (Phi) is 5.53. The van der Waals surface area contributed by atoms with Crippen LogP contribution in [-0.2, 0) is 0 Å². The number of ether oxygens (including phenoxy) is 1. The van der Waals surface area contributed by atoms with Gasteiger partial charge in [0.15, 0.2) is 17.2 Å². The zero-order valence-corrected chi connectivity index (χ0v) is 16.7. The predicted molar refractivity (Wildman–Crippen MR) is 110 cm³/mol. The van der Waals surface area contributed by atoms with E-state index in [4.69, 9.17) is 9.15 Å². The second kappa shape index (κ2) is 8.25. The Hall–Kier alpha value is -2.86. The van der Waals surface area contributed by atoms with Gasteiger partial charge in [-0.15, -0.1) is 0 Å². The summed E-state index contributed by atoms with van der Waals surface area (Å²) in [6.07, 6.45) is 2.28. The van der Waals surface area contributed by atoms with Crippen molar-refractivity contribution < 1.29 is 18.3 Å². The zero-order valence-electron chi connectivity index (χ0n) is 16.7. The van der Waals surface area contributed by atoms with Crippen LogP contribution in [0.15, 0.2) is 46.9 Å². The number of methoxy groups -OCH3 is 1. The van der Waals surface area contributed by atoms with Crippen LogP contribution in [-0.4, -0.2) is 37.6 Å². The van der Waals surface area contributed by atoms with Crippen molar-refractivity contribution in [1.29, 1.82) is 0 Å². The molecule has 4 rings (SSSR count). The summed E-state index contributed by atoms with van der Waals surface area (Å²) >= 11 is 0. The highest BCUT2D eigenvalue weighted by atomic mass is 19.1. The number of aryl methyl sites for hydroxylation is 1. The van der Waals surface area contributed by atoms with Crippen LogP contribution in [0.25, 0.3) is 11.0 Å². The largest absolute Gasteiger partial charge is 0.496 e. The monoisotopic (exact) mass is 396 g/mol. The molecule has 3 aromatic rings. The highest BCUT2D eigenvalue weighted by Gasteiger charge is 2.27. The van der Waals surface area contributed by atoms with E-state index in [0.717, 1.165) is 37.2 Å². The van der Waals surface area contributed by atoms with E-state index in [2.05, 4.69) is 10.2 Å². The van der Waals surface area contributed by atoms with Gasteiger partial charge < -0.3 is 14.5 Å². The van der Waals surface area contributed by atoms with Gasteiger partial charge in [0.25, 0.3) is 5.91 Å². The van der Waals surface area contributed by atoms with Crippen molar-refractivity contribution in [3.05, 3.63) is 65.2 Å². The van der Waals surface area contributed by atoms with E-state index in [-0.39, 0.29) is 23.3 Å². The number of carbonyl (C=O) groups is 1. The molecule has 0 bridgehead atoms. The Bertz CT molecular complexity index is 1020. The summed E-state index contributed by atoms with van der Waals surface area (Å²) in [5, 5.41) is 3.62. The van der Waals surface area contributed by atoms with E-state index < -0.39 is 5.82 Å². The first-order valence-corrected chi connectivity index (χ1v) is 9.93. The van der Waals surface area contributed by atoms with Crippen LogP contribution in [0.1, 0.15) is 40.6 Å². The van der Waals surface area contributed by atoms with Crippen molar-refractivity contribution in [3.8, 4) is 5.75 Å². The lowest BCUT2D eigenvalue weighted by atomic mass is 10.0. The number of para-hydroxylation sites is 2. The average molecular weight is 396 g/mol. The van der Waals surface area contributed by atoms with Crippen molar-refractivity contribution in [2.24, 2.45) is 0 Å². The SMILES string of the molecule is COc1ccccc1C(CNC(=O)c1oc2c(F)cccc2c1C)N1CCCC1. The molecule has 1 atom stereocenters. The fraction of sp³-hybridized carbons (Fsp3) is 0.348. The predicted octanol–water partition coefficient (Wildman–Crippen LogP) is 4.46. The lowest BCUT2D eigenvalue weighted by Gasteiger charge is -2.29. The van der Waals surface area contributed by atoms with Gasteiger partial charge in [0.05, 0.1) is 13.2 Å². The zero-order chi connectivity index (χ0) is 20.4. The van der Waals surface area contributed by atoms with Gasteiger partial charge in [-0.2, -0.15) is 0 Å². The number of hydrogen-bond acceptors (Lipinski definition) is 4. The smallest absolute Gasteiger partial charge is 0.287 e. The number of halogens is 1. The minimum Gasteiger partial charge on any atom is -0.496 e. The first kappa shape index (κ1) is 19.5. The second-order valence-electron chi connectivity index (χ2n) is 7.38. The minimum absolute atomic E-state index is 0.000907. The molecule has 29 heavy (non-hydrogen) atoms. The van der Waals surface area contributed by atoms with E-state index in [1.807, 2.05) is 24.3 Å².